The molecule has 0 bridgehead atoms. The molecular weight excluding hydrogens is 410 g/mol. The van der Waals surface area contributed by atoms with Crippen LogP contribution in [0.4, 0.5) is 0 Å². The molecule has 0 aliphatic rings. The molecule has 0 fully saturated rings. The molecule has 0 radical (unpaired) electrons. The molecule has 3 aromatic carbocycles. The molecule has 0 saturated carbocycles. The molecule has 0 N–H and O–H groups in total. The molecule has 0 saturated heterocycles. The number of rotatable bonds is 11. The van der Waals surface area contributed by atoms with Crippen molar-refractivity contribution >= 4 is 29.0 Å². The van der Waals surface area contributed by atoms with E-state index in [1.54, 1.807) is 6.92 Å². The molecule has 3 aromatic rings. The van der Waals surface area contributed by atoms with Gasteiger partial charge in [-0.3, -0.25) is 4.79 Å². The Bertz CT molecular complexity index is 968. The second-order valence-corrected chi connectivity index (χ2v) is 7.45. The van der Waals surface area contributed by atoms with Crippen LogP contribution in [0.2, 0.25) is 0 Å². The zero-order valence-electron chi connectivity index (χ0n) is 18.6. The zero-order chi connectivity index (χ0) is 21.3. The largest absolute Gasteiger partial charge is 0.492 e. The van der Waals surface area contributed by atoms with Gasteiger partial charge in [-0.2, -0.15) is 0 Å². The second kappa shape index (κ2) is 12.3. The van der Waals surface area contributed by atoms with Gasteiger partial charge in [0, 0.05) is 18.5 Å². The van der Waals surface area contributed by atoms with E-state index in [9.17, 15) is 4.79 Å². The fourth-order valence-corrected chi connectivity index (χ4v) is 3.55. The number of carbonyl (C=O) groups excluding carboxylic acids is 1. The topological polar surface area (TPSA) is 38.8 Å². The number of ketones is 1. The van der Waals surface area contributed by atoms with Crippen molar-refractivity contribution < 1.29 is 14.3 Å². The van der Waals surface area contributed by atoms with Crippen molar-refractivity contribution in [2.45, 2.75) is 27.2 Å². The number of ether oxygens (including phenoxy) is 2. The maximum Gasteiger partial charge on any atom is 0.167 e. The second-order valence-electron chi connectivity index (χ2n) is 7.45. The number of halogens is 1. The standard InChI is InChI=1S/C26H31NO3.ClH/c1-4-27(5-2)16-17-29-23-13-10-21(11-14-23)18-25-24-9-7-6-8-22(24)12-15-26(25)30-19-20(3)28;/h6-15H,4-5,16-19H2,1-3H3;1H. The summed E-state index contributed by atoms with van der Waals surface area (Å²) in [6, 6.07) is 20.5. The smallest absolute Gasteiger partial charge is 0.167 e. The molecule has 0 spiro atoms. The third kappa shape index (κ3) is 6.98. The van der Waals surface area contributed by atoms with Gasteiger partial charge in [0.2, 0.25) is 0 Å². The normalized spacial score (nSPS) is 10.7. The molecule has 0 aliphatic carbocycles. The highest BCUT2D eigenvalue weighted by molar-refractivity contribution is 5.88. The summed E-state index contributed by atoms with van der Waals surface area (Å²) in [6.07, 6.45) is 0.730. The molecule has 0 heterocycles. The highest BCUT2D eigenvalue weighted by Crippen LogP contribution is 2.30. The molecule has 166 valence electrons. The van der Waals surface area contributed by atoms with Crippen LogP contribution in [-0.4, -0.2) is 43.5 Å². The van der Waals surface area contributed by atoms with Crippen LogP contribution in [-0.2, 0) is 11.2 Å². The average Bonchev–Trinajstić information content (AvgIpc) is 2.77. The molecule has 4 nitrogen and oxygen atoms in total. The quantitative estimate of drug-likeness (QED) is 0.391. The zero-order valence-corrected chi connectivity index (χ0v) is 19.4. The SMILES string of the molecule is CCN(CC)CCOc1ccc(Cc2c(OCC(C)=O)ccc3ccccc23)cc1.Cl. The van der Waals surface area contributed by atoms with Crippen molar-refractivity contribution in [2.24, 2.45) is 0 Å². The summed E-state index contributed by atoms with van der Waals surface area (Å²) in [4.78, 5) is 13.8. The van der Waals surface area contributed by atoms with Crippen molar-refractivity contribution in [3.8, 4) is 11.5 Å². The third-order valence-corrected chi connectivity index (χ3v) is 5.30. The molecule has 0 atom stereocenters. The monoisotopic (exact) mass is 441 g/mol. The fraction of sp³-hybridized carbons (Fsp3) is 0.346. The van der Waals surface area contributed by atoms with Gasteiger partial charge >= 0.3 is 0 Å². The number of likely N-dealkylation sites (N-methyl/N-ethyl adjacent to an activating group) is 1. The highest BCUT2D eigenvalue weighted by atomic mass is 35.5. The first kappa shape index (κ1) is 24.7. The Kier molecular flexibility index (Phi) is 9.83. The molecule has 0 aliphatic heterocycles. The van der Waals surface area contributed by atoms with Gasteiger partial charge in [0.15, 0.2) is 5.78 Å². The van der Waals surface area contributed by atoms with E-state index in [4.69, 9.17) is 9.47 Å². The first-order valence-electron chi connectivity index (χ1n) is 10.7. The van der Waals surface area contributed by atoms with E-state index in [0.29, 0.717) is 6.61 Å². The molecule has 5 heteroatoms. The van der Waals surface area contributed by atoms with E-state index in [0.717, 1.165) is 48.5 Å². The number of hydrogen-bond donors (Lipinski definition) is 0. The van der Waals surface area contributed by atoms with E-state index in [-0.39, 0.29) is 24.8 Å². The van der Waals surface area contributed by atoms with Crippen LogP contribution in [0.3, 0.4) is 0 Å². The Hall–Kier alpha value is -2.56. The molecule has 0 aromatic heterocycles. The van der Waals surface area contributed by atoms with Gasteiger partial charge in [0.05, 0.1) is 0 Å². The van der Waals surface area contributed by atoms with Crippen LogP contribution in [0.5, 0.6) is 11.5 Å². The predicted molar refractivity (Wildman–Crippen MR) is 130 cm³/mol. The molecular formula is C26H32ClNO3. The van der Waals surface area contributed by atoms with E-state index >= 15 is 0 Å². The summed E-state index contributed by atoms with van der Waals surface area (Å²) in [5.41, 5.74) is 2.28. The lowest BCUT2D eigenvalue weighted by atomic mass is 9.97. The lowest BCUT2D eigenvalue weighted by molar-refractivity contribution is -0.118. The maximum absolute atomic E-state index is 11.4. The minimum absolute atomic E-state index is 0. The number of nitrogens with zero attached hydrogens (tertiary/aromatic N) is 1. The van der Waals surface area contributed by atoms with Crippen molar-refractivity contribution in [3.05, 3.63) is 71.8 Å². The summed E-state index contributed by atoms with van der Waals surface area (Å²) in [5, 5.41) is 2.32. The number of hydrogen-bond acceptors (Lipinski definition) is 4. The van der Waals surface area contributed by atoms with Crippen molar-refractivity contribution in [3.63, 3.8) is 0 Å². The summed E-state index contributed by atoms with van der Waals surface area (Å²) in [7, 11) is 0. The van der Waals surface area contributed by atoms with E-state index < -0.39 is 0 Å². The maximum atomic E-state index is 11.4. The summed E-state index contributed by atoms with van der Waals surface area (Å²) >= 11 is 0. The van der Waals surface area contributed by atoms with Gasteiger partial charge in [-0.15, -0.1) is 12.4 Å². The van der Waals surface area contributed by atoms with Gasteiger partial charge in [-0.25, -0.2) is 0 Å². The summed E-state index contributed by atoms with van der Waals surface area (Å²) < 4.78 is 11.7. The van der Waals surface area contributed by atoms with Crippen molar-refractivity contribution in [2.75, 3.05) is 32.8 Å². The Balaban J connectivity index is 0.00000341. The van der Waals surface area contributed by atoms with Gasteiger partial charge in [0.1, 0.15) is 24.7 Å². The lowest BCUT2D eigenvalue weighted by Crippen LogP contribution is -2.27. The van der Waals surface area contributed by atoms with Crippen LogP contribution in [0.1, 0.15) is 31.9 Å². The predicted octanol–water partition coefficient (Wildman–Crippen LogP) is 5.54. The minimum atomic E-state index is 0. The van der Waals surface area contributed by atoms with Crippen LogP contribution in [0.15, 0.2) is 60.7 Å². The van der Waals surface area contributed by atoms with Gasteiger partial charge in [-0.05, 0) is 54.5 Å². The van der Waals surface area contributed by atoms with Crippen LogP contribution >= 0.6 is 12.4 Å². The molecule has 0 amide bonds. The van der Waals surface area contributed by atoms with Gasteiger partial charge in [-0.1, -0.05) is 56.3 Å². The number of benzene rings is 3. The van der Waals surface area contributed by atoms with Gasteiger partial charge < -0.3 is 14.4 Å². The van der Waals surface area contributed by atoms with E-state index in [1.807, 2.05) is 36.4 Å². The molecule has 0 unspecified atom stereocenters. The number of Topliss-reactive ketones (excluding diaryl/α,β-unsaturated/α-hetero) is 1. The summed E-state index contributed by atoms with van der Waals surface area (Å²) in [5.74, 6) is 1.67. The van der Waals surface area contributed by atoms with Crippen LogP contribution in [0.25, 0.3) is 10.8 Å². The number of fused-ring (bicyclic) bond motifs is 1. The Morgan fingerprint density at radius 2 is 1.61 bits per heavy atom. The van der Waals surface area contributed by atoms with Crippen molar-refractivity contribution in [1.82, 2.24) is 4.90 Å². The molecule has 3 rings (SSSR count). The highest BCUT2D eigenvalue weighted by Gasteiger charge is 2.11. The Morgan fingerprint density at radius 1 is 0.903 bits per heavy atom. The Morgan fingerprint density at radius 3 is 2.29 bits per heavy atom. The Labute approximate surface area is 191 Å². The molecule has 31 heavy (non-hydrogen) atoms. The minimum Gasteiger partial charge on any atom is -0.492 e. The first-order chi connectivity index (χ1) is 14.6. The van der Waals surface area contributed by atoms with Crippen LogP contribution < -0.4 is 9.47 Å². The summed E-state index contributed by atoms with van der Waals surface area (Å²) in [6.45, 7) is 9.66. The van der Waals surface area contributed by atoms with Crippen molar-refractivity contribution in [1.29, 1.82) is 0 Å². The number of carbonyl (C=O) groups is 1. The average molecular weight is 442 g/mol. The van der Waals surface area contributed by atoms with Gasteiger partial charge in [0.25, 0.3) is 0 Å². The fourth-order valence-electron chi connectivity index (χ4n) is 3.55. The van der Waals surface area contributed by atoms with E-state index in [2.05, 4.69) is 43.0 Å². The van der Waals surface area contributed by atoms with Crippen LogP contribution in [0, 0.1) is 0 Å². The van der Waals surface area contributed by atoms with E-state index in [1.165, 1.54) is 10.9 Å². The first-order valence-corrected chi connectivity index (χ1v) is 10.7. The third-order valence-electron chi connectivity index (χ3n) is 5.30. The lowest BCUT2D eigenvalue weighted by Gasteiger charge is -2.18.